The average molecular weight is 360 g/mol. The lowest BCUT2D eigenvalue weighted by Crippen LogP contribution is -2.53. The fraction of sp³-hybridized carbons (Fsp3) is 0.421. The lowest BCUT2D eigenvalue weighted by atomic mass is 10.1. The van der Waals surface area contributed by atoms with E-state index in [9.17, 15) is 9.59 Å². The molecule has 0 spiro atoms. The molecule has 0 saturated carbocycles. The molecule has 0 N–H and O–H groups in total. The first-order chi connectivity index (χ1) is 12.1. The molecule has 1 amide bonds. The van der Waals surface area contributed by atoms with Gasteiger partial charge in [-0.05, 0) is 32.9 Å². The third kappa shape index (κ3) is 4.29. The summed E-state index contributed by atoms with van der Waals surface area (Å²) in [5, 5.41) is 0. The van der Waals surface area contributed by atoms with Gasteiger partial charge in [-0.3, -0.25) is 4.57 Å². The number of quaternary nitrogens is 1. The number of aryl methyl sites for hydroxylation is 1. The van der Waals surface area contributed by atoms with Crippen molar-refractivity contribution in [1.82, 2.24) is 14.0 Å². The average Bonchev–Trinajstić information content (AvgIpc) is 2.99. The molecule has 1 unspecified atom stereocenters. The van der Waals surface area contributed by atoms with Gasteiger partial charge in [0.25, 0.3) is 0 Å². The van der Waals surface area contributed by atoms with Gasteiger partial charge < -0.3 is 9.47 Å². The Morgan fingerprint density at radius 3 is 2.27 bits per heavy atom. The molecule has 0 aliphatic carbocycles. The summed E-state index contributed by atoms with van der Waals surface area (Å²) in [5.74, 6) is 0.168. The Labute approximate surface area is 153 Å². The van der Waals surface area contributed by atoms with Crippen LogP contribution in [0.15, 0.2) is 36.7 Å². The van der Waals surface area contributed by atoms with Gasteiger partial charge in [0.1, 0.15) is 12.1 Å². The van der Waals surface area contributed by atoms with E-state index >= 15 is 0 Å². The summed E-state index contributed by atoms with van der Waals surface area (Å²) in [4.78, 5) is 28.9. The summed E-state index contributed by atoms with van der Waals surface area (Å²) in [7, 11) is 4.95. The van der Waals surface area contributed by atoms with Crippen molar-refractivity contribution in [1.29, 1.82) is 0 Å². The van der Waals surface area contributed by atoms with Crippen LogP contribution < -0.4 is 4.48 Å². The molecule has 7 heteroatoms. The minimum absolute atomic E-state index is 0.154. The van der Waals surface area contributed by atoms with Crippen LogP contribution in [0.5, 0.6) is 0 Å². The number of carbonyl (C=O) groups excluding carboxylic acids is 2. The molecule has 1 heterocycles. The Bertz CT molecular complexity index is 790. The predicted molar refractivity (Wildman–Crippen MR) is 98.6 cm³/mol. The number of aromatic nitrogens is 2. The zero-order valence-electron chi connectivity index (χ0n) is 16.1. The van der Waals surface area contributed by atoms with Gasteiger partial charge in [0.05, 0.1) is 25.9 Å². The number of benzene rings is 1. The van der Waals surface area contributed by atoms with Crippen molar-refractivity contribution in [3.8, 4) is 0 Å². The molecule has 0 radical (unpaired) electrons. The van der Waals surface area contributed by atoms with Crippen LogP contribution in [0, 0.1) is 0 Å². The van der Waals surface area contributed by atoms with Gasteiger partial charge in [-0.25, -0.2) is 4.79 Å². The Balaban J connectivity index is 2.37. The van der Waals surface area contributed by atoms with Crippen molar-refractivity contribution in [3.05, 3.63) is 47.8 Å². The van der Waals surface area contributed by atoms with E-state index in [0.717, 1.165) is 5.56 Å². The van der Waals surface area contributed by atoms with Gasteiger partial charge in [-0.1, -0.05) is 12.1 Å². The second-order valence-electron chi connectivity index (χ2n) is 7.36. The highest BCUT2D eigenvalue weighted by atomic mass is 16.6. The first kappa shape index (κ1) is 19.7. The van der Waals surface area contributed by atoms with Crippen molar-refractivity contribution in [3.63, 3.8) is 0 Å². The Morgan fingerprint density at radius 2 is 1.81 bits per heavy atom. The van der Waals surface area contributed by atoms with Crippen molar-refractivity contribution in [2.75, 3.05) is 14.2 Å². The van der Waals surface area contributed by atoms with Crippen LogP contribution in [0.3, 0.4) is 0 Å². The number of hydrogen-bond acceptors (Lipinski definition) is 5. The molecule has 1 atom stereocenters. The summed E-state index contributed by atoms with van der Waals surface area (Å²) in [5.41, 5.74) is 0.713. The largest absolute Gasteiger partial charge is 0.524 e. The Morgan fingerprint density at radius 1 is 1.19 bits per heavy atom. The second-order valence-corrected chi connectivity index (χ2v) is 7.36. The number of methoxy groups -OCH3 is 1. The third-order valence-corrected chi connectivity index (χ3v) is 3.91. The van der Waals surface area contributed by atoms with Crippen LogP contribution in [0.4, 0.5) is 10.7 Å². The molecule has 0 bridgehead atoms. The molecule has 0 aliphatic rings. The van der Waals surface area contributed by atoms with Crippen molar-refractivity contribution in [2.45, 2.75) is 32.9 Å². The number of ether oxygens (including phenoxy) is 2. The quantitative estimate of drug-likeness (QED) is 0.618. The summed E-state index contributed by atoms with van der Waals surface area (Å²) >= 11 is 0. The van der Waals surface area contributed by atoms with E-state index in [1.807, 2.05) is 27.8 Å². The van der Waals surface area contributed by atoms with E-state index < -0.39 is 17.7 Å². The number of nitrogens with zero attached hydrogens (tertiary/aromatic N) is 3. The molecule has 1 aromatic carbocycles. The number of rotatable bonds is 4. The van der Waals surface area contributed by atoms with Gasteiger partial charge in [-0.15, -0.1) is 0 Å². The Kier molecular flexibility index (Phi) is 5.51. The summed E-state index contributed by atoms with van der Waals surface area (Å²) in [6, 6.07) is 6.96. The highest BCUT2D eigenvalue weighted by molar-refractivity contribution is 5.89. The molecular formula is C19H26N3O4+. The summed E-state index contributed by atoms with van der Waals surface area (Å²) < 4.78 is 12.0. The van der Waals surface area contributed by atoms with E-state index in [4.69, 9.17) is 9.47 Å². The normalized spacial score (nSPS) is 13.8. The maximum atomic E-state index is 13.0. The van der Waals surface area contributed by atoms with Crippen molar-refractivity contribution >= 4 is 18.0 Å². The molecule has 0 aliphatic heterocycles. The number of imidazole rings is 1. The van der Waals surface area contributed by atoms with E-state index in [0.29, 0.717) is 18.1 Å². The predicted octanol–water partition coefficient (Wildman–Crippen LogP) is 3.28. The maximum absolute atomic E-state index is 13.0. The summed E-state index contributed by atoms with van der Waals surface area (Å²) in [6.07, 6.45) is 3.04. The number of amides is 1. The fourth-order valence-electron chi connectivity index (χ4n) is 2.64. The van der Waals surface area contributed by atoms with Crippen LogP contribution in [-0.4, -0.2) is 41.4 Å². The fourth-order valence-corrected chi connectivity index (χ4v) is 2.64. The number of esters is 1. The molecule has 26 heavy (non-hydrogen) atoms. The second kappa shape index (κ2) is 7.29. The molecule has 7 nitrogen and oxygen atoms in total. The van der Waals surface area contributed by atoms with Crippen LogP contribution in [0.2, 0.25) is 0 Å². The molecular weight excluding hydrogens is 334 g/mol. The lowest BCUT2D eigenvalue weighted by Gasteiger charge is -2.31. The zero-order chi connectivity index (χ0) is 19.5. The third-order valence-electron chi connectivity index (χ3n) is 3.91. The maximum Gasteiger partial charge on any atom is 0.524 e. The molecule has 2 aromatic rings. The Hall–Kier alpha value is -2.67. The highest BCUT2D eigenvalue weighted by Gasteiger charge is 2.42. The van der Waals surface area contributed by atoms with Gasteiger partial charge in [-0.2, -0.15) is 14.3 Å². The van der Waals surface area contributed by atoms with Gasteiger partial charge in [0, 0.05) is 18.8 Å². The number of hydrogen-bond donors (Lipinski definition) is 0. The summed E-state index contributed by atoms with van der Waals surface area (Å²) in [6.45, 7) is 5.83. The number of carbonyl (C=O) groups is 2. The molecule has 1 aromatic heterocycles. The van der Waals surface area contributed by atoms with Crippen LogP contribution >= 0.6 is 0 Å². The van der Waals surface area contributed by atoms with E-state index in [1.165, 1.54) is 7.11 Å². The first-order valence-corrected chi connectivity index (χ1v) is 8.31. The SMILES string of the molecule is COC(=O)c1ccc(C[N+](C)(C(=O)OC(C)(C)C)c2nccn2C)cc1. The van der Waals surface area contributed by atoms with Crippen molar-refractivity contribution < 1.29 is 19.1 Å². The highest BCUT2D eigenvalue weighted by Crippen LogP contribution is 2.25. The van der Waals surface area contributed by atoms with Crippen LogP contribution in [0.25, 0.3) is 0 Å². The van der Waals surface area contributed by atoms with Gasteiger partial charge in [0.2, 0.25) is 0 Å². The standard InChI is InChI=1S/C19H26N3O4/c1-19(2,3)26-18(24)22(5,17-20-11-12-21(17)4)13-14-7-9-15(10-8-14)16(23)25-6/h7-12H,13H2,1-6H3/q+1. The topological polar surface area (TPSA) is 70.4 Å². The first-order valence-electron chi connectivity index (χ1n) is 8.31. The van der Waals surface area contributed by atoms with Crippen molar-refractivity contribution in [2.24, 2.45) is 7.05 Å². The molecule has 0 fully saturated rings. The smallest absolute Gasteiger partial charge is 0.465 e. The van der Waals surface area contributed by atoms with E-state index in [2.05, 4.69) is 4.98 Å². The molecule has 140 valence electrons. The van der Waals surface area contributed by atoms with E-state index in [1.54, 1.807) is 48.3 Å². The monoisotopic (exact) mass is 360 g/mol. The van der Waals surface area contributed by atoms with Crippen LogP contribution in [0.1, 0.15) is 36.7 Å². The van der Waals surface area contributed by atoms with E-state index in [-0.39, 0.29) is 4.48 Å². The van der Waals surface area contributed by atoms with Gasteiger partial charge >= 0.3 is 18.0 Å². The minimum Gasteiger partial charge on any atom is -0.465 e. The molecule has 0 saturated heterocycles. The lowest BCUT2D eigenvalue weighted by molar-refractivity contribution is 0.0279. The minimum atomic E-state index is -0.615. The molecule has 2 rings (SSSR count). The van der Waals surface area contributed by atoms with Crippen LogP contribution in [-0.2, 0) is 23.1 Å². The zero-order valence-corrected chi connectivity index (χ0v) is 16.1. The van der Waals surface area contributed by atoms with Gasteiger partial charge in [0.15, 0.2) is 0 Å².